The van der Waals surface area contributed by atoms with Gasteiger partial charge in [-0.05, 0) is 31.5 Å². The predicted octanol–water partition coefficient (Wildman–Crippen LogP) is 2.89. The van der Waals surface area contributed by atoms with E-state index in [1.807, 2.05) is 16.9 Å². The monoisotopic (exact) mass is 247 g/mol. The molecular formula is C14H21N3O. The molecule has 0 spiro atoms. The first-order chi connectivity index (χ1) is 8.76. The summed E-state index contributed by atoms with van der Waals surface area (Å²) in [5.74, 6) is 0.980. The Labute approximate surface area is 108 Å². The van der Waals surface area contributed by atoms with Crippen LogP contribution in [0.25, 0.3) is 0 Å². The number of hydrogen-bond acceptors (Lipinski definition) is 3. The van der Waals surface area contributed by atoms with Gasteiger partial charge in [0.05, 0.1) is 18.5 Å². The Bertz CT molecular complexity index is 487. The molecule has 0 fully saturated rings. The van der Waals surface area contributed by atoms with Gasteiger partial charge in [-0.3, -0.25) is 4.68 Å². The van der Waals surface area contributed by atoms with E-state index in [4.69, 9.17) is 4.42 Å². The lowest BCUT2D eigenvalue weighted by molar-refractivity contribution is 0.449. The summed E-state index contributed by atoms with van der Waals surface area (Å²) < 4.78 is 7.59. The van der Waals surface area contributed by atoms with Crippen LogP contribution >= 0.6 is 0 Å². The largest absolute Gasteiger partial charge is 0.467 e. The third kappa shape index (κ3) is 2.64. The van der Waals surface area contributed by atoms with E-state index in [1.165, 1.54) is 5.56 Å². The average molecular weight is 247 g/mol. The molecule has 0 amide bonds. The van der Waals surface area contributed by atoms with Crippen LogP contribution in [0.3, 0.4) is 0 Å². The Balaban J connectivity index is 2.26. The maximum atomic E-state index is 5.60. The van der Waals surface area contributed by atoms with Gasteiger partial charge in [-0.1, -0.05) is 13.8 Å². The summed E-state index contributed by atoms with van der Waals surface area (Å²) in [5.41, 5.74) is 2.33. The summed E-state index contributed by atoms with van der Waals surface area (Å²) in [6.07, 6.45) is 6.85. The highest BCUT2D eigenvalue weighted by molar-refractivity contribution is 5.27. The Morgan fingerprint density at radius 2 is 2.28 bits per heavy atom. The Kier molecular flexibility index (Phi) is 4.20. The van der Waals surface area contributed by atoms with E-state index in [0.29, 0.717) is 0 Å². The zero-order valence-corrected chi connectivity index (χ0v) is 11.3. The molecule has 18 heavy (non-hydrogen) atoms. The molecule has 0 aliphatic heterocycles. The number of nitrogens with zero attached hydrogens (tertiary/aromatic N) is 2. The summed E-state index contributed by atoms with van der Waals surface area (Å²) in [6.45, 7) is 8.17. The van der Waals surface area contributed by atoms with Crippen molar-refractivity contribution in [3.63, 3.8) is 0 Å². The summed E-state index contributed by atoms with van der Waals surface area (Å²) >= 11 is 0. The van der Waals surface area contributed by atoms with Crippen LogP contribution in [0.1, 0.15) is 43.2 Å². The van der Waals surface area contributed by atoms with E-state index < -0.39 is 0 Å². The molecule has 4 heteroatoms. The molecule has 1 atom stereocenters. The average Bonchev–Trinajstić information content (AvgIpc) is 2.96. The van der Waals surface area contributed by atoms with Gasteiger partial charge >= 0.3 is 0 Å². The van der Waals surface area contributed by atoms with Crippen molar-refractivity contribution in [1.29, 1.82) is 0 Å². The molecule has 1 N–H and O–H groups in total. The summed E-state index contributed by atoms with van der Waals surface area (Å²) in [6, 6.07) is 2.09. The lowest BCUT2D eigenvalue weighted by Crippen LogP contribution is -2.21. The Hall–Kier alpha value is -1.55. The molecular weight excluding hydrogens is 226 g/mol. The lowest BCUT2D eigenvalue weighted by Gasteiger charge is -2.14. The van der Waals surface area contributed by atoms with Crippen molar-refractivity contribution in [2.45, 2.75) is 39.8 Å². The zero-order chi connectivity index (χ0) is 13.0. The van der Waals surface area contributed by atoms with Crippen LogP contribution in [-0.2, 0) is 6.54 Å². The van der Waals surface area contributed by atoms with Gasteiger partial charge in [0.15, 0.2) is 0 Å². The zero-order valence-electron chi connectivity index (χ0n) is 11.3. The first kappa shape index (κ1) is 12.9. The number of aryl methyl sites for hydroxylation is 2. The standard InChI is InChI=1S/C14H21N3O/c1-4-7-17-10-12(9-16-17)13(15-5-2)14-11(3)6-8-18-14/h6,8-10,13,15H,4-5,7H2,1-3H3. The highest BCUT2D eigenvalue weighted by Crippen LogP contribution is 2.25. The van der Waals surface area contributed by atoms with Crippen molar-refractivity contribution >= 4 is 0 Å². The topological polar surface area (TPSA) is 43.0 Å². The van der Waals surface area contributed by atoms with Crippen LogP contribution in [0.15, 0.2) is 29.1 Å². The molecule has 98 valence electrons. The van der Waals surface area contributed by atoms with E-state index in [2.05, 4.69) is 37.4 Å². The number of rotatable bonds is 6. The van der Waals surface area contributed by atoms with Gasteiger partial charge in [0, 0.05) is 18.3 Å². The van der Waals surface area contributed by atoms with Crippen LogP contribution in [0.2, 0.25) is 0 Å². The molecule has 0 bridgehead atoms. The van der Waals surface area contributed by atoms with E-state index in [9.17, 15) is 0 Å². The van der Waals surface area contributed by atoms with Crippen LogP contribution < -0.4 is 5.32 Å². The van der Waals surface area contributed by atoms with Crippen molar-refractivity contribution < 1.29 is 4.42 Å². The highest BCUT2D eigenvalue weighted by atomic mass is 16.3. The summed E-state index contributed by atoms with van der Waals surface area (Å²) in [7, 11) is 0. The van der Waals surface area contributed by atoms with Crippen molar-refractivity contribution in [2.75, 3.05) is 6.54 Å². The molecule has 1 unspecified atom stereocenters. The highest BCUT2D eigenvalue weighted by Gasteiger charge is 2.19. The second-order valence-corrected chi connectivity index (χ2v) is 4.50. The van der Waals surface area contributed by atoms with Crippen LogP contribution in [0.4, 0.5) is 0 Å². The molecule has 4 nitrogen and oxygen atoms in total. The second-order valence-electron chi connectivity index (χ2n) is 4.50. The number of furan rings is 1. The van der Waals surface area contributed by atoms with Crippen molar-refractivity contribution in [3.8, 4) is 0 Å². The van der Waals surface area contributed by atoms with Gasteiger partial charge in [-0.2, -0.15) is 5.10 Å². The van der Waals surface area contributed by atoms with E-state index in [-0.39, 0.29) is 6.04 Å². The van der Waals surface area contributed by atoms with E-state index in [0.717, 1.165) is 30.8 Å². The van der Waals surface area contributed by atoms with E-state index in [1.54, 1.807) is 6.26 Å². The summed E-state index contributed by atoms with van der Waals surface area (Å²) in [5, 5.41) is 7.83. The predicted molar refractivity (Wildman–Crippen MR) is 71.5 cm³/mol. The summed E-state index contributed by atoms with van der Waals surface area (Å²) in [4.78, 5) is 0. The first-order valence-electron chi connectivity index (χ1n) is 6.56. The SMILES string of the molecule is CCCn1cc(C(NCC)c2occc2C)cn1. The smallest absolute Gasteiger partial charge is 0.128 e. The number of hydrogen-bond donors (Lipinski definition) is 1. The second kappa shape index (κ2) is 5.87. The van der Waals surface area contributed by atoms with Gasteiger partial charge in [0.2, 0.25) is 0 Å². The normalized spacial score (nSPS) is 12.8. The van der Waals surface area contributed by atoms with Crippen molar-refractivity contribution in [2.24, 2.45) is 0 Å². The Morgan fingerprint density at radius 3 is 2.89 bits per heavy atom. The molecule has 0 aromatic carbocycles. The van der Waals surface area contributed by atoms with Crippen LogP contribution in [0, 0.1) is 6.92 Å². The van der Waals surface area contributed by atoms with Gasteiger partial charge < -0.3 is 9.73 Å². The fourth-order valence-corrected chi connectivity index (χ4v) is 2.13. The maximum absolute atomic E-state index is 5.60. The molecule has 0 saturated heterocycles. The Morgan fingerprint density at radius 1 is 1.44 bits per heavy atom. The van der Waals surface area contributed by atoms with Gasteiger partial charge in [0.25, 0.3) is 0 Å². The first-order valence-corrected chi connectivity index (χ1v) is 6.56. The van der Waals surface area contributed by atoms with E-state index >= 15 is 0 Å². The van der Waals surface area contributed by atoms with Crippen molar-refractivity contribution in [3.05, 3.63) is 41.6 Å². The minimum absolute atomic E-state index is 0.0932. The number of aromatic nitrogens is 2. The van der Waals surface area contributed by atoms with Crippen LogP contribution in [-0.4, -0.2) is 16.3 Å². The minimum atomic E-state index is 0.0932. The minimum Gasteiger partial charge on any atom is -0.467 e. The van der Waals surface area contributed by atoms with Gasteiger partial charge in [0.1, 0.15) is 5.76 Å². The molecule has 2 heterocycles. The fourth-order valence-electron chi connectivity index (χ4n) is 2.13. The molecule has 0 aliphatic carbocycles. The van der Waals surface area contributed by atoms with Gasteiger partial charge in [-0.25, -0.2) is 0 Å². The molecule has 2 aromatic rings. The molecule has 0 radical (unpaired) electrons. The molecule has 0 saturated carbocycles. The van der Waals surface area contributed by atoms with Gasteiger partial charge in [-0.15, -0.1) is 0 Å². The molecule has 2 rings (SSSR count). The van der Waals surface area contributed by atoms with Crippen molar-refractivity contribution in [1.82, 2.24) is 15.1 Å². The third-order valence-corrected chi connectivity index (χ3v) is 3.01. The molecule has 0 aliphatic rings. The quantitative estimate of drug-likeness (QED) is 0.853. The number of nitrogens with one attached hydrogen (secondary N) is 1. The third-order valence-electron chi connectivity index (χ3n) is 3.01. The maximum Gasteiger partial charge on any atom is 0.128 e. The van der Waals surface area contributed by atoms with Crippen LogP contribution in [0.5, 0.6) is 0 Å². The lowest BCUT2D eigenvalue weighted by atomic mass is 10.1. The molecule has 2 aromatic heterocycles. The fraction of sp³-hybridized carbons (Fsp3) is 0.500.